The minimum Gasteiger partial charge on any atom is -0.502 e. The van der Waals surface area contributed by atoms with E-state index in [1.54, 1.807) is 0 Å². The first-order valence-corrected chi connectivity index (χ1v) is 5.93. The summed E-state index contributed by atoms with van der Waals surface area (Å²) in [5.74, 6) is -2.32. The average molecular weight is 354 g/mol. The van der Waals surface area contributed by atoms with Gasteiger partial charge in [0, 0.05) is 12.1 Å². The third-order valence-electron chi connectivity index (χ3n) is 2.69. The number of hydrogen-bond acceptors (Lipinski definition) is 5. The van der Waals surface area contributed by atoms with Crippen LogP contribution in [-0.2, 0) is 6.18 Å². The molecule has 0 saturated heterocycles. The quantitative estimate of drug-likeness (QED) is 0.508. The minimum absolute atomic E-state index is 0.263. The molecule has 12 heteroatoms. The minimum atomic E-state index is -5.01. The van der Waals surface area contributed by atoms with E-state index >= 15 is 0 Å². The van der Waals surface area contributed by atoms with Gasteiger partial charge < -0.3 is 5.11 Å². The Labute approximate surface area is 128 Å². The Balaban J connectivity index is 2.74. The van der Waals surface area contributed by atoms with Gasteiger partial charge in [0.05, 0.1) is 10.6 Å². The molecular formula is C11H4ClF4N3O4. The summed E-state index contributed by atoms with van der Waals surface area (Å²) < 4.78 is 51.8. The molecule has 2 aromatic rings. The van der Waals surface area contributed by atoms with E-state index in [2.05, 4.69) is 4.98 Å². The highest BCUT2D eigenvalue weighted by atomic mass is 35.5. The summed E-state index contributed by atoms with van der Waals surface area (Å²) in [6.07, 6.45) is -4.68. The van der Waals surface area contributed by atoms with Crippen LogP contribution >= 0.6 is 11.6 Å². The van der Waals surface area contributed by atoms with Crippen molar-refractivity contribution in [2.24, 2.45) is 0 Å². The molecule has 122 valence electrons. The van der Waals surface area contributed by atoms with Gasteiger partial charge in [0.15, 0.2) is 17.3 Å². The van der Waals surface area contributed by atoms with Crippen molar-refractivity contribution in [1.29, 1.82) is 0 Å². The van der Waals surface area contributed by atoms with Crippen molar-refractivity contribution in [2.75, 3.05) is 0 Å². The predicted molar refractivity (Wildman–Crippen MR) is 68.1 cm³/mol. The number of aromatic nitrogens is 2. The Morgan fingerprint density at radius 3 is 2.48 bits per heavy atom. The summed E-state index contributed by atoms with van der Waals surface area (Å²) in [6, 6.07) is 0.808. The van der Waals surface area contributed by atoms with E-state index < -0.39 is 50.3 Å². The lowest BCUT2D eigenvalue weighted by Crippen LogP contribution is -2.25. The molecule has 0 aliphatic rings. The standard InChI is InChI=1S/C11H4ClF4N3O4/c12-8-9(11(14,15)16)17-3-18(10(8)21)5-2-6(19(22)23)7(20)1-4(5)13/h1-3,20H. The largest absolute Gasteiger partial charge is 0.502 e. The molecule has 0 saturated carbocycles. The molecule has 0 radical (unpaired) electrons. The van der Waals surface area contributed by atoms with Gasteiger partial charge in [-0.15, -0.1) is 0 Å². The van der Waals surface area contributed by atoms with Crippen LogP contribution in [0.5, 0.6) is 5.75 Å². The third-order valence-corrected chi connectivity index (χ3v) is 3.03. The summed E-state index contributed by atoms with van der Waals surface area (Å²) >= 11 is 5.30. The monoisotopic (exact) mass is 353 g/mol. The van der Waals surface area contributed by atoms with Gasteiger partial charge in [-0.25, -0.2) is 9.37 Å². The number of nitro benzene ring substituents is 1. The van der Waals surface area contributed by atoms with Crippen LogP contribution in [0.1, 0.15) is 5.69 Å². The van der Waals surface area contributed by atoms with Gasteiger partial charge in [0.1, 0.15) is 11.3 Å². The van der Waals surface area contributed by atoms with Crippen molar-refractivity contribution in [3.63, 3.8) is 0 Å². The van der Waals surface area contributed by atoms with E-state index in [-0.39, 0.29) is 4.57 Å². The summed E-state index contributed by atoms with van der Waals surface area (Å²) in [5, 5.41) is 18.6. The van der Waals surface area contributed by atoms with Gasteiger partial charge in [0.25, 0.3) is 5.56 Å². The zero-order valence-electron chi connectivity index (χ0n) is 10.6. The van der Waals surface area contributed by atoms with Gasteiger partial charge in [-0.2, -0.15) is 13.2 Å². The SMILES string of the molecule is O=c1c(Cl)c(C(F)(F)F)ncn1-c1cc([N+](=O)[O-])c(O)cc1F. The zero-order valence-corrected chi connectivity index (χ0v) is 11.4. The molecule has 7 nitrogen and oxygen atoms in total. The van der Waals surface area contributed by atoms with Crippen molar-refractivity contribution in [3.05, 3.63) is 55.5 Å². The first kappa shape index (κ1) is 16.7. The number of aromatic hydroxyl groups is 1. The van der Waals surface area contributed by atoms with Gasteiger partial charge in [-0.05, 0) is 0 Å². The van der Waals surface area contributed by atoms with Crippen molar-refractivity contribution < 1.29 is 27.6 Å². The molecule has 1 aromatic heterocycles. The Bertz CT molecular complexity index is 866. The lowest BCUT2D eigenvalue weighted by Gasteiger charge is -2.11. The summed E-state index contributed by atoms with van der Waals surface area (Å²) in [6.45, 7) is 0. The Morgan fingerprint density at radius 1 is 1.35 bits per heavy atom. The number of nitrogens with zero attached hydrogens (tertiary/aromatic N) is 3. The van der Waals surface area contributed by atoms with Crippen LogP contribution in [0, 0.1) is 15.9 Å². The smallest absolute Gasteiger partial charge is 0.435 e. The summed E-state index contributed by atoms with van der Waals surface area (Å²) in [4.78, 5) is 24.4. The summed E-state index contributed by atoms with van der Waals surface area (Å²) in [7, 11) is 0. The predicted octanol–water partition coefficient (Wildman–Crippen LogP) is 2.66. The lowest BCUT2D eigenvalue weighted by atomic mass is 10.2. The average Bonchev–Trinajstić information content (AvgIpc) is 2.40. The molecular weight excluding hydrogens is 350 g/mol. The molecule has 0 aliphatic heterocycles. The van der Waals surface area contributed by atoms with Crippen LogP contribution in [-0.4, -0.2) is 19.6 Å². The maximum atomic E-state index is 13.8. The van der Waals surface area contributed by atoms with Crippen LogP contribution in [0.4, 0.5) is 23.2 Å². The van der Waals surface area contributed by atoms with Crippen LogP contribution in [0.15, 0.2) is 23.3 Å². The number of alkyl halides is 3. The topological polar surface area (TPSA) is 98.3 Å². The van der Waals surface area contributed by atoms with Gasteiger partial charge >= 0.3 is 11.9 Å². The molecule has 23 heavy (non-hydrogen) atoms. The molecule has 1 heterocycles. The number of rotatable bonds is 2. The van der Waals surface area contributed by atoms with E-state index in [4.69, 9.17) is 11.6 Å². The molecule has 0 spiro atoms. The fourth-order valence-corrected chi connectivity index (χ4v) is 1.92. The number of phenols is 1. The van der Waals surface area contributed by atoms with Crippen LogP contribution in [0.3, 0.4) is 0 Å². The molecule has 0 atom stereocenters. The molecule has 1 N–H and O–H groups in total. The molecule has 0 aliphatic carbocycles. The molecule has 1 aromatic carbocycles. The molecule has 0 bridgehead atoms. The fourth-order valence-electron chi connectivity index (χ4n) is 1.67. The Kier molecular flexibility index (Phi) is 3.99. The van der Waals surface area contributed by atoms with E-state index in [0.29, 0.717) is 18.5 Å². The fraction of sp³-hybridized carbons (Fsp3) is 0.0909. The van der Waals surface area contributed by atoms with Gasteiger partial charge in [-0.1, -0.05) is 11.6 Å². The number of hydrogen-bond donors (Lipinski definition) is 1. The van der Waals surface area contributed by atoms with E-state index in [9.17, 15) is 37.6 Å². The first-order chi connectivity index (χ1) is 10.5. The lowest BCUT2D eigenvalue weighted by molar-refractivity contribution is -0.385. The third kappa shape index (κ3) is 2.95. The highest BCUT2D eigenvalue weighted by molar-refractivity contribution is 6.31. The van der Waals surface area contributed by atoms with Crippen LogP contribution in [0.2, 0.25) is 5.02 Å². The second kappa shape index (κ2) is 5.50. The van der Waals surface area contributed by atoms with Crippen molar-refractivity contribution in [1.82, 2.24) is 9.55 Å². The van der Waals surface area contributed by atoms with Crippen molar-refractivity contribution in [2.45, 2.75) is 6.18 Å². The first-order valence-electron chi connectivity index (χ1n) is 5.55. The molecule has 0 fully saturated rings. The number of halogens is 5. The normalized spacial score (nSPS) is 11.5. The summed E-state index contributed by atoms with van der Waals surface area (Å²) in [5.41, 5.74) is -4.89. The van der Waals surface area contributed by atoms with E-state index in [0.717, 1.165) is 0 Å². The number of nitro groups is 1. The molecule has 0 unspecified atom stereocenters. The van der Waals surface area contributed by atoms with Crippen molar-refractivity contribution >= 4 is 17.3 Å². The maximum Gasteiger partial charge on any atom is 0.435 e. The highest BCUT2D eigenvalue weighted by Gasteiger charge is 2.37. The highest BCUT2D eigenvalue weighted by Crippen LogP contribution is 2.32. The van der Waals surface area contributed by atoms with E-state index in [1.165, 1.54) is 0 Å². The van der Waals surface area contributed by atoms with Crippen molar-refractivity contribution in [3.8, 4) is 11.4 Å². The van der Waals surface area contributed by atoms with Gasteiger partial charge in [-0.3, -0.25) is 19.5 Å². The molecule has 0 amide bonds. The maximum absolute atomic E-state index is 13.8. The van der Waals surface area contributed by atoms with Crippen LogP contribution in [0.25, 0.3) is 5.69 Å². The Hall–Kier alpha value is -2.69. The molecule has 2 rings (SSSR count). The zero-order chi connectivity index (χ0) is 17.5. The second-order valence-corrected chi connectivity index (χ2v) is 4.51. The number of benzene rings is 1. The van der Waals surface area contributed by atoms with E-state index in [1.807, 2.05) is 0 Å². The second-order valence-electron chi connectivity index (χ2n) is 4.13. The van der Waals surface area contributed by atoms with Crippen LogP contribution < -0.4 is 5.56 Å². The Morgan fingerprint density at radius 2 is 1.96 bits per heavy atom. The van der Waals surface area contributed by atoms with Gasteiger partial charge in [0.2, 0.25) is 0 Å². The number of phenolic OH excluding ortho intramolecular Hbond substituents is 1.